The Labute approximate surface area is 167 Å². The van der Waals surface area contributed by atoms with Crippen molar-refractivity contribution in [2.75, 3.05) is 13.2 Å². The number of pyridine rings is 1. The molecule has 0 saturated carbocycles. The third kappa shape index (κ3) is 4.92. The van der Waals surface area contributed by atoms with E-state index >= 15 is 0 Å². The Balaban J connectivity index is 1.78. The minimum atomic E-state index is -0.609. The van der Waals surface area contributed by atoms with Crippen molar-refractivity contribution < 1.29 is 19.2 Å². The summed E-state index contributed by atoms with van der Waals surface area (Å²) in [6, 6.07) is 7.42. The van der Waals surface area contributed by atoms with Gasteiger partial charge in [-0.25, -0.2) is 0 Å². The van der Waals surface area contributed by atoms with Crippen molar-refractivity contribution >= 4 is 11.6 Å². The number of carbonyl (C=O) groups is 1. The van der Waals surface area contributed by atoms with Crippen LogP contribution < -0.4 is 20.3 Å². The lowest BCUT2D eigenvalue weighted by Gasteiger charge is -2.24. The molecule has 1 atom stereocenters. The summed E-state index contributed by atoms with van der Waals surface area (Å²) in [5.41, 5.74) is 0.118. The van der Waals surface area contributed by atoms with Crippen LogP contribution in [0.3, 0.4) is 0 Å². The Bertz CT molecular complexity index is 969. The van der Waals surface area contributed by atoms with Crippen LogP contribution in [0.1, 0.15) is 31.9 Å². The number of hydrogen-bond donors (Lipinski definition) is 1. The number of fused-ring (bicyclic) bond motifs is 1. The summed E-state index contributed by atoms with van der Waals surface area (Å²) in [6.07, 6.45) is 1.87. The quantitative estimate of drug-likeness (QED) is 0.588. The standard InChI is InChI=1S/C20H23N3O6/c1-13(2)20(14-4-6-16-17(10-14)29-9-3-8-28-16)21-18(24)12-22-11-15(23(26)27)5-7-19(22)25/h4-7,10-11,13,20H,3,8-9,12H2,1-2H3,(H,21,24)/t20-/m0/s1. The van der Waals surface area contributed by atoms with Crippen LogP contribution in [0, 0.1) is 16.0 Å². The fraction of sp³-hybridized carbons (Fsp3) is 0.400. The first-order chi connectivity index (χ1) is 13.8. The van der Waals surface area contributed by atoms with E-state index in [4.69, 9.17) is 9.47 Å². The zero-order valence-electron chi connectivity index (χ0n) is 16.3. The van der Waals surface area contributed by atoms with Crippen LogP contribution in [-0.2, 0) is 11.3 Å². The maximum Gasteiger partial charge on any atom is 0.285 e. The highest BCUT2D eigenvalue weighted by atomic mass is 16.6. The highest BCUT2D eigenvalue weighted by molar-refractivity contribution is 5.76. The van der Waals surface area contributed by atoms with Gasteiger partial charge in [-0.2, -0.15) is 0 Å². The van der Waals surface area contributed by atoms with Crippen molar-refractivity contribution in [3.8, 4) is 11.5 Å². The van der Waals surface area contributed by atoms with E-state index in [-0.39, 0.29) is 24.2 Å². The van der Waals surface area contributed by atoms with Crippen molar-refractivity contribution in [2.24, 2.45) is 5.92 Å². The normalized spacial score (nSPS) is 14.2. The Morgan fingerprint density at radius 3 is 2.62 bits per heavy atom. The average molecular weight is 401 g/mol. The minimum absolute atomic E-state index is 0.0607. The highest BCUT2D eigenvalue weighted by Crippen LogP contribution is 2.34. The molecular formula is C20H23N3O6. The van der Waals surface area contributed by atoms with Crippen molar-refractivity contribution in [3.05, 3.63) is 62.6 Å². The molecule has 1 N–H and O–H groups in total. The number of aromatic nitrogens is 1. The van der Waals surface area contributed by atoms with E-state index in [0.29, 0.717) is 24.7 Å². The lowest BCUT2D eigenvalue weighted by Crippen LogP contribution is -2.36. The number of nitrogens with zero attached hydrogens (tertiary/aromatic N) is 2. The molecule has 1 amide bonds. The van der Waals surface area contributed by atoms with E-state index in [0.717, 1.165) is 34.9 Å². The molecule has 29 heavy (non-hydrogen) atoms. The second-order valence-electron chi connectivity index (χ2n) is 7.16. The van der Waals surface area contributed by atoms with E-state index in [2.05, 4.69) is 5.32 Å². The summed E-state index contributed by atoms with van der Waals surface area (Å²) in [5, 5.41) is 13.8. The largest absolute Gasteiger partial charge is 0.490 e. The molecule has 0 saturated heterocycles. The molecule has 1 aliphatic heterocycles. The van der Waals surface area contributed by atoms with Crippen LogP contribution in [0.15, 0.2) is 41.3 Å². The Hall–Kier alpha value is -3.36. The number of ether oxygens (including phenoxy) is 2. The molecule has 0 unspecified atom stereocenters. The summed E-state index contributed by atoms with van der Waals surface area (Å²) >= 11 is 0. The number of rotatable bonds is 6. The molecule has 9 nitrogen and oxygen atoms in total. The highest BCUT2D eigenvalue weighted by Gasteiger charge is 2.22. The van der Waals surface area contributed by atoms with Gasteiger partial charge in [0.2, 0.25) is 5.91 Å². The first kappa shape index (κ1) is 20.4. The van der Waals surface area contributed by atoms with E-state index in [1.165, 1.54) is 0 Å². The molecule has 2 heterocycles. The van der Waals surface area contributed by atoms with Gasteiger partial charge in [-0.1, -0.05) is 19.9 Å². The SMILES string of the molecule is CC(C)[C@H](NC(=O)Cn1cc([N+](=O)[O-])ccc1=O)c1ccc2c(c1)OCCCO2. The zero-order chi connectivity index (χ0) is 21.0. The lowest BCUT2D eigenvalue weighted by atomic mass is 9.95. The van der Waals surface area contributed by atoms with Crippen molar-refractivity contribution in [1.29, 1.82) is 0 Å². The fourth-order valence-corrected chi connectivity index (χ4v) is 3.13. The molecule has 1 aromatic carbocycles. The lowest BCUT2D eigenvalue weighted by molar-refractivity contribution is -0.385. The monoisotopic (exact) mass is 401 g/mol. The van der Waals surface area contributed by atoms with Crippen LogP contribution in [0.25, 0.3) is 0 Å². The van der Waals surface area contributed by atoms with Gasteiger partial charge in [0, 0.05) is 18.6 Å². The van der Waals surface area contributed by atoms with Gasteiger partial charge >= 0.3 is 0 Å². The maximum atomic E-state index is 12.6. The van der Waals surface area contributed by atoms with Crippen LogP contribution >= 0.6 is 0 Å². The third-order valence-corrected chi connectivity index (χ3v) is 4.61. The average Bonchev–Trinajstić information content (AvgIpc) is 2.92. The molecule has 1 aliphatic rings. The van der Waals surface area contributed by atoms with Crippen LogP contribution in [0.2, 0.25) is 0 Å². The number of hydrogen-bond acceptors (Lipinski definition) is 6. The first-order valence-corrected chi connectivity index (χ1v) is 9.39. The molecule has 3 rings (SSSR count). The van der Waals surface area contributed by atoms with Crippen molar-refractivity contribution in [1.82, 2.24) is 9.88 Å². The Morgan fingerprint density at radius 1 is 1.21 bits per heavy atom. The summed E-state index contributed by atoms with van der Waals surface area (Å²) in [6.45, 7) is 4.77. The summed E-state index contributed by atoms with van der Waals surface area (Å²) in [4.78, 5) is 34.8. The Morgan fingerprint density at radius 2 is 1.93 bits per heavy atom. The summed E-state index contributed by atoms with van der Waals surface area (Å²) < 4.78 is 12.4. The minimum Gasteiger partial charge on any atom is -0.490 e. The van der Waals surface area contributed by atoms with Gasteiger partial charge in [0.15, 0.2) is 11.5 Å². The van der Waals surface area contributed by atoms with Gasteiger partial charge in [-0.3, -0.25) is 24.3 Å². The molecule has 154 valence electrons. The van der Waals surface area contributed by atoms with E-state index < -0.39 is 16.4 Å². The molecule has 0 spiro atoms. The molecule has 1 aromatic heterocycles. The Kier molecular flexibility index (Phi) is 6.16. The van der Waals surface area contributed by atoms with Crippen LogP contribution in [-0.4, -0.2) is 28.6 Å². The van der Waals surface area contributed by atoms with Gasteiger partial charge in [-0.15, -0.1) is 0 Å². The number of amides is 1. The van der Waals surface area contributed by atoms with Crippen molar-refractivity contribution in [3.63, 3.8) is 0 Å². The second-order valence-corrected chi connectivity index (χ2v) is 7.16. The number of carbonyl (C=O) groups excluding carboxylic acids is 1. The van der Waals surface area contributed by atoms with Crippen molar-refractivity contribution in [2.45, 2.75) is 32.9 Å². The summed E-state index contributed by atoms with van der Waals surface area (Å²) in [7, 11) is 0. The second kappa shape index (κ2) is 8.76. The topological polar surface area (TPSA) is 113 Å². The fourth-order valence-electron chi connectivity index (χ4n) is 3.13. The number of benzene rings is 1. The third-order valence-electron chi connectivity index (χ3n) is 4.61. The molecule has 0 aliphatic carbocycles. The predicted molar refractivity (Wildman–Crippen MR) is 105 cm³/mol. The van der Waals surface area contributed by atoms with Gasteiger partial charge in [0.1, 0.15) is 6.54 Å². The van der Waals surface area contributed by atoms with E-state index in [1.54, 1.807) is 0 Å². The first-order valence-electron chi connectivity index (χ1n) is 9.39. The molecule has 9 heteroatoms. The molecule has 0 fully saturated rings. The number of nitro groups is 1. The van der Waals surface area contributed by atoms with Gasteiger partial charge in [-0.05, 0) is 23.6 Å². The number of nitrogens with one attached hydrogen (secondary N) is 1. The maximum absolute atomic E-state index is 12.6. The van der Waals surface area contributed by atoms with Gasteiger partial charge < -0.3 is 14.8 Å². The van der Waals surface area contributed by atoms with Crippen LogP contribution in [0.5, 0.6) is 11.5 Å². The molecule has 0 bridgehead atoms. The summed E-state index contributed by atoms with van der Waals surface area (Å²) in [5.74, 6) is 0.946. The van der Waals surface area contributed by atoms with Gasteiger partial charge in [0.25, 0.3) is 11.2 Å². The van der Waals surface area contributed by atoms with Gasteiger partial charge in [0.05, 0.1) is 30.4 Å². The smallest absolute Gasteiger partial charge is 0.285 e. The molecular weight excluding hydrogens is 378 g/mol. The molecule has 2 aromatic rings. The van der Waals surface area contributed by atoms with Crippen LogP contribution in [0.4, 0.5) is 5.69 Å². The molecule has 0 radical (unpaired) electrons. The zero-order valence-corrected chi connectivity index (χ0v) is 16.3. The van der Waals surface area contributed by atoms with E-state index in [9.17, 15) is 19.7 Å². The predicted octanol–water partition coefficient (Wildman–Crippen LogP) is 2.43. The van der Waals surface area contributed by atoms with E-state index in [1.807, 2.05) is 32.0 Å².